The lowest BCUT2D eigenvalue weighted by Crippen LogP contribution is -2.36. The van der Waals surface area contributed by atoms with Crippen LogP contribution in [0.5, 0.6) is 5.75 Å². The lowest BCUT2D eigenvalue weighted by molar-refractivity contribution is 0.0890. The van der Waals surface area contributed by atoms with Gasteiger partial charge in [0, 0.05) is 12.5 Å². The van der Waals surface area contributed by atoms with Gasteiger partial charge in [-0.15, -0.1) is 0 Å². The molecule has 0 spiro atoms. The summed E-state index contributed by atoms with van der Waals surface area (Å²) < 4.78 is 19.4. The molecule has 1 N–H and O–H groups in total. The topological polar surface area (TPSA) is 21.3 Å². The molecule has 17 heavy (non-hydrogen) atoms. The van der Waals surface area contributed by atoms with Crippen molar-refractivity contribution in [2.24, 2.45) is 5.92 Å². The molecule has 0 radical (unpaired) electrons. The van der Waals surface area contributed by atoms with Crippen LogP contribution in [0.1, 0.15) is 25.7 Å². The van der Waals surface area contributed by atoms with Crippen molar-refractivity contribution in [3.63, 3.8) is 0 Å². The van der Waals surface area contributed by atoms with Crippen LogP contribution in [0.4, 0.5) is 4.39 Å². The van der Waals surface area contributed by atoms with Crippen LogP contribution >= 0.6 is 0 Å². The number of benzene rings is 1. The summed E-state index contributed by atoms with van der Waals surface area (Å²) in [7, 11) is 1.95. The van der Waals surface area contributed by atoms with E-state index in [4.69, 9.17) is 4.74 Å². The maximum atomic E-state index is 13.5. The van der Waals surface area contributed by atoms with Crippen LogP contribution in [-0.4, -0.2) is 19.7 Å². The second-order valence-corrected chi connectivity index (χ2v) is 4.69. The van der Waals surface area contributed by atoms with Crippen molar-refractivity contribution in [3.8, 4) is 5.75 Å². The highest BCUT2D eigenvalue weighted by atomic mass is 19.1. The summed E-state index contributed by atoms with van der Waals surface area (Å²) in [5.74, 6) is 0.621. The van der Waals surface area contributed by atoms with E-state index >= 15 is 0 Å². The molecule has 1 saturated carbocycles. The standard InChI is InChI=1S/C14H20FNO/c1-16-10-11-6-2-4-8-13(11)17-14-9-5-3-7-12(14)15/h3,5,7,9,11,13,16H,2,4,6,8,10H2,1H3. The van der Waals surface area contributed by atoms with Gasteiger partial charge in [-0.05, 0) is 38.4 Å². The highest BCUT2D eigenvalue weighted by molar-refractivity contribution is 5.24. The summed E-state index contributed by atoms with van der Waals surface area (Å²) in [4.78, 5) is 0. The number of ether oxygens (including phenoxy) is 1. The Morgan fingerprint density at radius 2 is 2.06 bits per heavy atom. The van der Waals surface area contributed by atoms with Crippen molar-refractivity contribution in [2.45, 2.75) is 31.8 Å². The molecule has 0 bridgehead atoms. The fourth-order valence-corrected chi connectivity index (χ4v) is 2.53. The predicted octanol–water partition coefficient (Wildman–Crippen LogP) is 2.98. The molecule has 1 aliphatic rings. The van der Waals surface area contributed by atoms with Gasteiger partial charge in [0.1, 0.15) is 6.10 Å². The van der Waals surface area contributed by atoms with E-state index in [0.717, 1.165) is 13.0 Å². The molecule has 3 heteroatoms. The van der Waals surface area contributed by atoms with Crippen LogP contribution in [0.3, 0.4) is 0 Å². The second kappa shape index (κ2) is 6.01. The van der Waals surface area contributed by atoms with Gasteiger partial charge in [-0.2, -0.15) is 0 Å². The minimum atomic E-state index is -0.263. The summed E-state index contributed by atoms with van der Waals surface area (Å²) in [6.07, 6.45) is 4.77. The minimum Gasteiger partial charge on any atom is -0.487 e. The fraction of sp³-hybridized carbons (Fsp3) is 0.571. The Hall–Kier alpha value is -1.09. The van der Waals surface area contributed by atoms with E-state index in [-0.39, 0.29) is 11.9 Å². The van der Waals surface area contributed by atoms with E-state index in [1.807, 2.05) is 13.1 Å². The van der Waals surface area contributed by atoms with Crippen LogP contribution < -0.4 is 10.1 Å². The zero-order valence-corrected chi connectivity index (χ0v) is 10.3. The zero-order valence-electron chi connectivity index (χ0n) is 10.3. The average Bonchev–Trinajstić information content (AvgIpc) is 2.35. The van der Waals surface area contributed by atoms with E-state index in [9.17, 15) is 4.39 Å². The summed E-state index contributed by atoms with van der Waals surface area (Å²) in [6, 6.07) is 6.66. The molecule has 2 rings (SSSR count). The molecular formula is C14H20FNO. The average molecular weight is 237 g/mol. The summed E-state index contributed by atoms with van der Waals surface area (Å²) in [6.45, 7) is 0.944. The molecule has 0 aromatic heterocycles. The molecule has 1 aliphatic carbocycles. The number of rotatable bonds is 4. The summed E-state index contributed by atoms with van der Waals surface area (Å²) in [5, 5.41) is 3.19. The Bertz CT molecular complexity index is 354. The minimum absolute atomic E-state index is 0.146. The molecule has 0 amide bonds. The predicted molar refractivity (Wildman–Crippen MR) is 66.7 cm³/mol. The maximum Gasteiger partial charge on any atom is 0.165 e. The van der Waals surface area contributed by atoms with Crippen molar-refractivity contribution in [2.75, 3.05) is 13.6 Å². The van der Waals surface area contributed by atoms with Crippen LogP contribution in [0.15, 0.2) is 24.3 Å². The first-order valence-corrected chi connectivity index (χ1v) is 6.37. The Morgan fingerprint density at radius 1 is 1.29 bits per heavy atom. The first-order valence-electron chi connectivity index (χ1n) is 6.37. The number of para-hydroxylation sites is 1. The molecule has 2 nitrogen and oxygen atoms in total. The van der Waals surface area contributed by atoms with Crippen molar-refractivity contribution in [1.82, 2.24) is 5.32 Å². The van der Waals surface area contributed by atoms with E-state index in [1.165, 1.54) is 25.3 Å². The monoisotopic (exact) mass is 237 g/mol. The van der Waals surface area contributed by atoms with E-state index in [0.29, 0.717) is 11.7 Å². The Balaban J connectivity index is 2.03. The third kappa shape index (κ3) is 3.19. The van der Waals surface area contributed by atoms with Crippen molar-refractivity contribution < 1.29 is 9.13 Å². The normalized spacial score (nSPS) is 24.6. The third-order valence-electron chi connectivity index (χ3n) is 3.42. The third-order valence-corrected chi connectivity index (χ3v) is 3.42. The number of nitrogens with one attached hydrogen (secondary N) is 1. The molecule has 1 aromatic carbocycles. The zero-order chi connectivity index (χ0) is 12.1. The first-order chi connectivity index (χ1) is 8.31. The largest absolute Gasteiger partial charge is 0.487 e. The Morgan fingerprint density at radius 3 is 2.82 bits per heavy atom. The molecule has 2 unspecified atom stereocenters. The van der Waals surface area contributed by atoms with Gasteiger partial charge in [0.15, 0.2) is 11.6 Å². The lowest BCUT2D eigenvalue weighted by atomic mass is 9.86. The van der Waals surface area contributed by atoms with Gasteiger partial charge in [0.05, 0.1) is 0 Å². The summed E-state index contributed by atoms with van der Waals surface area (Å²) in [5.41, 5.74) is 0. The smallest absolute Gasteiger partial charge is 0.165 e. The fourth-order valence-electron chi connectivity index (χ4n) is 2.53. The number of halogens is 1. The highest BCUT2D eigenvalue weighted by Crippen LogP contribution is 2.29. The van der Waals surface area contributed by atoms with Crippen LogP contribution in [-0.2, 0) is 0 Å². The van der Waals surface area contributed by atoms with Gasteiger partial charge in [-0.25, -0.2) is 4.39 Å². The van der Waals surface area contributed by atoms with Crippen molar-refractivity contribution in [3.05, 3.63) is 30.1 Å². The van der Waals surface area contributed by atoms with E-state index in [1.54, 1.807) is 12.1 Å². The summed E-state index contributed by atoms with van der Waals surface area (Å²) >= 11 is 0. The molecule has 0 saturated heterocycles. The van der Waals surface area contributed by atoms with Gasteiger partial charge in [-0.1, -0.05) is 18.6 Å². The van der Waals surface area contributed by atoms with Gasteiger partial charge < -0.3 is 10.1 Å². The second-order valence-electron chi connectivity index (χ2n) is 4.69. The molecule has 94 valence electrons. The van der Waals surface area contributed by atoms with Gasteiger partial charge in [0.25, 0.3) is 0 Å². The molecule has 1 aromatic rings. The quantitative estimate of drug-likeness (QED) is 0.869. The van der Waals surface area contributed by atoms with Crippen LogP contribution in [0.2, 0.25) is 0 Å². The molecule has 1 fully saturated rings. The van der Waals surface area contributed by atoms with Crippen molar-refractivity contribution in [1.29, 1.82) is 0 Å². The van der Waals surface area contributed by atoms with Gasteiger partial charge >= 0.3 is 0 Å². The molecule has 0 aliphatic heterocycles. The van der Waals surface area contributed by atoms with Gasteiger partial charge in [0.2, 0.25) is 0 Å². The van der Waals surface area contributed by atoms with E-state index < -0.39 is 0 Å². The number of hydrogen-bond acceptors (Lipinski definition) is 2. The SMILES string of the molecule is CNCC1CCCCC1Oc1ccccc1F. The lowest BCUT2D eigenvalue weighted by Gasteiger charge is -2.31. The molecule has 0 heterocycles. The maximum absolute atomic E-state index is 13.5. The van der Waals surface area contributed by atoms with E-state index in [2.05, 4.69) is 5.32 Å². The molecular weight excluding hydrogens is 217 g/mol. The van der Waals surface area contributed by atoms with Crippen molar-refractivity contribution >= 4 is 0 Å². The van der Waals surface area contributed by atoms with Crippen LogP contribution in [0.25, 0.3) is 0 Å². The van der Waals surface area contributed by atoms with Crippen LogP contribution in [0, 0.1) is 11.7 Å². The number of hydrogen-bond donors (Lipinski definition) is 1. The molecule has 2 atom stereocenters. The highest BCUT2D eigenvalue weighted by Gasteiger charge is 2.26. The van der Waals surface area contributed by atoms with Gasteiger partial charge in [-0.3, -0.25) is 0 Å². The Labute approximate surface area is 102 Å². The Kier molecular flexibility index (Phi) is 4.37. The first kappa shape index (κ1) is 12.4.